The Balaban J connectivity index is 1.72. The molecule has 0 bridgehead atoms. The number of nitrogens with one attached hydrogen (secondary N) is 2. The van der Waals surface area contributed by atoms with Crippen molar-refractivity contribution >= 4 is 28.0 Å². The zero-order valence-electron chi connectivity index (χ0n) is 15.6. The smallest absolute Gasteiger partial charge is 0.231 e. The van der Waals surface area contributed by atoms with Crippen LogP contribution in [-0.4, -0.2) is 23.8 Å². The van der Waals surface area contributed by atoms with Crippen molar-refractivity contribution < 1.29 is 13.9 Å². The van der Waals surface area contributed by atoms with Gasteiger partial charge >= 0.3 is 0 Å². The van der Waals surface area contributed by atoms with E-state index in [1.54, 1.807) is 42.7 Å². The monoisotopic (exact) mass is 388 g/mol. The molecule has 0 unspecified atom stereocenters. The summed E-state index contributed by atoms with van der Waals surface area (Å²) in [6.45, 7) is 0.161. The minimum absolute atomic E-state index is 0.161. The third kappa shape index (κ3) is 3.06. The molecule has 29 heavy (non-hydrogen) atoms. The number of pyridine rings is 2. The van der Waals surface area contributed by atoms with Gasteiger partial charge in [0.25, 0.3) is 0 Å². The average Bonchev–Trinajstić information content (AvgIpc) is 3.24. The van der Waals surface area contributed by atoms with Gasteiger partial charge < -0.3 is 20.1 Å². The first-order valence-corrected chi connectivity index (χ1v) is 9.11. The zero-order chi connectivity index (χ0) is 19.8. The summed E-state index contributed by atoms with van der Waals surface area (Å²) in [6, 6.07) is 14.5. The Bertz CT molecular complexity index is 1210. The summed E-state index contributed by atoms with van der Waals surface area (Å²) in [7, 11) is 1.82. The van der Waals surface area contributed by atoms with Crippen LogP contribution in [0.25, 0.3) is 22.2 Å². The number of ether oxygens (including phenoxy) is 2. The predicted molar refractivity (Wildman–Crippen MR) is 110 cm³/mol. The minimum Gasteiger partial charge on any atom is -0.454 e. The molecule has 4 aromatic rings. The Morgan fingerprint density at radius 2 is 1.76 bits per heavy atom. The van der Waals surface area contributed by atoms with Crippen LogP contribution in [0.5, 0.6) is 11.5 Å². The van der Waals surface area contributed by atoms with Crippen LogP contribution in [0.1, 0.15) is 0 Å². The molecule has 6 nitrogen and oxygen atoms in total. The largest absolute Gasteiger partial charge is 0.454 e. The molecule has 0 amide bonds. The van der Waals surface area contributed by atoms with Gasteiger partial charge in [0.1, 0.15) is 5.69 Å². The number of nitrogens with zero attached hydrogens (tertiary/aromatic N) is 2. The summed E-state index contributed by atoms with van der Waals surface area (Å²) in [5.41, 5.74) is 3.49. The van der Waals surface area contributed by atoms with E-state index in [0.717, 1.165) is 11.4 Å². The maximum absolute atomic E-state index is 15.7. The quantitative estimate of drug-likeness (QED) is 0.516. The highest BCUT2D eigenvalue weighted by Gasteiger charge is 2.20. The van der Waals surface area contributed by atoms with E-state index in [-0.39, 0.29) is 12.5 Å². The normalized spacial score (nSPS) is 12.2. The van der Waals surface area contributed by atoms with Gasteiger partial charge in [-0.15, -0.1) is 0 Å². The van der Waals surface area contributed by atoms with Gasteiger partial charge in [0.05, 0.1) is 11.2 Å². The Hall–Kier alpha value is -3.87. The highest BCUT2D eigenvalue weighted by atomic mass is 19.1. The summed E-state index contributed by atoms with van der Waals surface area (Å²) < 4.78 is 26.5. The second kappa shape index (κ2) is 6.94. The molecule has 3 heterocycles. The Kier molecular flexibility index (Phi) is 4.13. The van der Waals surface area contributed by atoms with Crippen LogP contribution in [0.2, 0.25) is 0 Å². The van der Waals surface area contributed by atoms with Crippen molar-refractivity contribution in [3.05, 3.63) is 66.7 Å². The maximum Gasteiger partial charge on any atom is 0.231 e. The second-order valence-electron chi connectivity index (χ2n) is 6.56. The lowest BCUT2D eigenvalue weighted by Gasteiger charge is -2.15. The molecule has 7 heteroatoms. The number of fused-ring (bicyclic) bond motifs is 2. The van der Waals surface area contributed by atoms with E-state index in [1.165, 1.54) is 0 Å². The molecular formula is C22H17FN4O2. The fraction of sp³-hybridized carbons (Fsp3) is 0.0909. The van der Waals surface area contributed by atoms with E-state index in [0.29, 0.717) is 33.7 Å². The molecule has 0 aliphatic carbocycles. The first-order valence-electron chi connectivity index (χ1n) is 9.11. The fourth-order valence-corrected chi connectivity index (χ4v) is 3.33. The lowest BCUT2D eigenvalue weighted by molar-refractivity contribution is 0.174. The van der Waals surface area contributed by atoms with Crippen LogP contribution in [0.4, 0.5) is 21.5 Å². The molecule has 1 aliphatic rings. The summed E-state index contributed by atoms with van der Waals surface area (Å²) in [5, 5.41) is 6.95. The molecule has 2 aromatic carbocycles. The molecule has 2 aromatic heterocycles. The lowest BCUT2D eigenvalue weighted by Crippen LogP contribution is -2.01. The van der Waals surface area contributed by atoms with E-state index < -0.39 is 5.82 Å². The van der Waals surface area contributed by atoms with Crippen LogP contribution >= 0.6 is 0 Å². The summed E-state index contributed by atoms with van der Waals surface area (Å²) in [6.07, 6.45) is 3.31. The zero-order valence-corrected chi connectivity index (χ0v) is 15.6. The van der Waals surface area contributed by atoms with Crippen molar-refractivity contribution in [2.75, 3.05) is 24.5 Å². The maximum atomic E-state index is 15.7. The number of rotatable bonds is 4. The Labute approximate surface area is 166 Å². The molecule has 0 fully saturated rings. The van der Waals surface area contributed by atoms with E-state index >= 15 is 4.39 Å². The molecular weight excluding hydrogens is 371 g/mol. The summed E-state index contributed by atoms with van der Waals surface area (Å²) in [5.74, 6) is 0.781. The molecule has 0 saturated heterocycles. The SMILES string of the molecule is CNc1ccc2nc(-c3ccc4c(c3)OCO4)c(F)c(Nc3ccncc3)c2c1. The highest BCUT2D eigenvalue weighted by Crippen LogP contribution is 2.39. The number of hydrogen-bond donors (Lipinski definition) is 2. The minimum atomic E-state index is -0.443. The standard InChI is InChI=1S/C22H17FN4O2/c1-24-15-3-4-17-16(11-15)22(26-14-6-8-25-9-7-14)20(23)21(27-17)13-2-5-18-19(10-13)29-12-28-18/h2-11,24H,12H2,1H3,(H,25,26,27). The van der Waals surface area contributed by atoms with E-state index in [1.807, 2.05) is 25.2 Å². The third-order valence-corrected chi connectivity index (χ3v) is 4.81. The number of hydrogen-bond acceptors (Lipinski definition) is 6. The first kappa shape index (κ1) is 17.2. The van der Waals surface area contributed by atoms with Crippen LogP contribution in [0.3, 0.4) is 0 Å². The number of anilines is 3. The van der Waals surface area contributed by atoms with Gasteiger partial charge in [0, 0.05) is 41.8 Å². The van der Waals surface area contributed by atoms with Crippen LogP contribution < -0.4 is 20.1 Å². The van der Waals surface area contributed by atoms with Crippen molar-refractivity contribution in [2.45, 2.75) is 0 Å². The van der Waals surface area contributed by atoms with Gasteiger partial charge in [0.15, 0.2) is 17.3 Å². The van der Waals surface area contributed by atoms with Gasteiger partial charge in [-0.1, -0.05) is 0 Å². The molecule has 0 saturated carbocycles. The molecule has 1 aliphatic heterocycles. The lowest BCUT2D eigenvalue weighted by atomic mass is 10.1. The number of halogens is 1. The topological polar surface area (TPSA) is 68.3 Å². The van der Waals surface area contributed by atoms with Gasteiger partial charge in [-0.2, -0.15) is 0 Å². The van der Waals surface area contributed by atoms with E-state index in [9.17, 15) is 0 Å². The molecule has 144 valence electrons. The predicted octanol–water partition coefficient (Wildman–Crippen LogP) is 4.95. The summed E-state index contributed by atoms with van der Waals surface area (Å²) >= 11 is 0. The Morgan fingerprint density at radius 3 is 2.59 bits per heavy atom. The van der Waals surface area contributed by atoms with Gasteiger partial charge in [0.2, 0.25) is 6.79 Å². The highest BCUT2D eigenvalue weighted by molar-refractivity contribution is 5.97. The summed E-state index contributed by atoms with van der Waals surface area (Å²) in [4.78, 5) is 8.61. The Morgan fingerprint density at radius 1 is 0.931 bits per heavy atom. The fourth-order valence-electron chi connectivity index (χ4n) is 3.33. The molecule has 0 atom stereocenters. The van der Waals surface area contributed by atoms with Crippen LogP contribution in [0, 0.1) is 5.82 Å². The average molecular weight is 388 g/mol. The first-order chi connectivity index (χ1) is 14.2. The molecule has 0 radical (unpaired) electrons. The molecule has 0 spiro atoms. The molecule has 2 N–H and O–H groups in total. The van der Waals surface area contributed by atoms with E-state index in [2.05, 4.69) is 20.6 Å². The number of benzene rings is 2. The van der Waals surface area contributed by atoms with Crippen molar-refractivity contribution in [2.24, 2.45) is 0 Å². The van der Waals surface area contributed by atoms with E-state index in [4.69, 9.17) is 9.47 Å². The van der Waals surface area contributed by atoms with Gasteiger partial charge in [-0.3, -0.25) is 4.98 Å². The van der Waals surface area contributed by atoms with Crippen molar-refractivity contribution in [1.29, 1.82) is 0 Å². The van der Waals surface area contributed by atoms with Crippen molar-refractivity contribution in [1.82, 2.24) is 9.97 Å². The van der Waals surface area contributed by atoms with Crippen molar-refractivity contribution in [3.8, 4) is 22.8 Å². The second-order valence-corrected chi connectivity index (χ2v) is 6.56. The molecule has 5 rings (SSSR count). The van der Waals surface area contributed by atoms with Crippen molar-refractivity contribution in [3.63, 3.8) is 0 Å². The van der Waals surface area contributed by atoms with Gasteiger partial charge in [-0.05, 0) is 48.5 Å². The number of aromatic nitrogens is 2. The van der Waals surface area contributed by atoms with Crippen LogP contribution in [0.15, 0.2) is 60.9 Å². The third-order valence-electron chi connectivity index (χ3n) is 4.81. The van der Waals surface area contributed by atoms with Crippen LogP contribution in [-0.2, 0) is 0 Å². The van der Waals surface area contributed by atoms with Gasteiger partial charge in [-0.25, -0.2) is 9.37 Å².